The monoisotopic (exact) mass is 222 g/mol. The van der Waals surface area contributed by atoms with Crippen LogP contribution >= 0.6 is 0 Å². The maximum Gasteiger partial charge on any atom is 0.123 e. The van der Waals surface area contributed by atoms with Crippen LogP contribution in [0.2, 0.25) is 0 Å². The van der Waals surface area contributed by atoms with Crippen LogP contribution in [-0.2, 0) is 6.42 Å². The summed E-state index contributed by atoms with van der Waals surface area (Å²) in [6.45, 7) is 3.09. The molecule has 88 valence electrons. The SMILES string of the molecule is Fc1cccc(CCNCC2CCCN2)c1. The van der Waals surface area contributed by atoms with Crippen molar-refractivity contribution in [2.45, 2.75) is 25.3 Å². The molecule has 1 aromatic rings. The first kappa shape index (κ1) is 11.6. The first-order valence-corrected chi connectivity index (χ1v) is 6.03. The predicted molar refractivity (Wildman–Crippen MR) is 64.0 cm³/mol. The topological polar surface area (TPSA) is 24.1 Å². The molecule has 3 heteroatoms. The zero-order valence-electron chi connectivity index (χ0n) is 9.51. The summed E-state index contributed by atoms with van der Waals surface area (Å²) >= 11 is 0. The van der Waals surface area contributed by atoms with Crippen molar-refractivity contribution in [3.05, 3.63) is 35.6 Å². The highest BCUT2D eigenvalue weighted by atomic mass is 19.1. The van der Waals surface area contributed by atoms with Crippen LogP contribution in [-0.4, -0.2) is 25.7 Å². The number of hydrogen-bond donors (Lipinski definition) is 2. The van der Waals surface area contributed by atoms with Crippen molar-refractivity contribution in [1.29, 1.82) is 0 Å². The minimum Gasteiger partial charge on any atom is -0.315 e. The second-order valence-electron chi connectivity index (χ2n) is 4.38. The standard InChI is InChI=1S/C13H19FN2/c14-12-4-1-3-11(9-12)6-8-15-10-13-5-2-7-16-13/h1,3-4,9,13,15-16H,2,5-8,10H2. The lowest BCUT2D eigenvalue weighted by atomic mass is 10.1. The van der Waals surface area contributed by atoms with Crippen molar-refractivity contribution in [1.82, 2.24) is 10.6 Å². The largest absolute Gasteiger partial charge is 0.315 e. The van der Waals surface area contributed by atoms with Crippen molar-refractivity contribution in [3.8, 4) is 0 Å². The second kappa shape index (κ2) is 5.97. The van der Waals surface area contributed by atoms with Crippen LogP contribution < -0.4 is 10.6 Å². The highest BCUT2D eigenvalue weighted by Crippen LogP contribution is 2.05. The minimum absolute atomic E-state index is 0.144. The fraction of sp³-hybridized carbons (Fsp3) is 0.538. The predicted octanol–water partition coefficient (Wildman–Crippen LogP) is 1.71. The third-order valence-electron chi connectivity index (χ3n) is 3.03. The summed E-state index contributed by atoms with van der Waals surface area (Å²) in [4.78, 5) is 0. The number of nitrogens with one attached hydrogen (secondary N) is 2. The van der Waals surface area contributed by atoms with Crippen LogP contribution in [0.1, 0.15) is 18.4 Å². The third-order valence-corrected chi connectivity index (χ3v) is 3.03. The number of benzene rings is 1. The molecular weight excluding hydrogens is 203 g/mol. The molecule has 0 saturated carbocycles. The van der Waals surface area contributed by atoms with Gasteiger partial charge in [-0.3, -0.25) is 0 Å². The number of rotatable bonds is 5. The molecule has 1 saturated heterocycles. The molecule has 1 aliphatic heterocycles. The molecule has 2 rings (SSSR count). The van der Waals surface area contributed by atoms with Gasteiger partial charge in [0.25, 0.3) is 0 Å². The van der Waals surface area contributed by atoms with Gasteiger partial charge in [-0.2, -0.15) is 0 Å². The normalized spacial score (nSPS) is 20.2. The van der Waals surface area contributed by atoms with Gasteiger partial charge in [-0.1, -0.05) is 12.1 Å². The summed E-state index contributed by atoms with van der Waals surface area (Å²) in [5.74, 6) is -0.144. The van der Waals surface area contributed by atoms with Gasteiger partial charge in [0.15, 0.2) is 0 Å². The summed E-state index contributed by atoms with van der Waals surface area (Å²) in [5.41, 5.74) is 1.06. The number of halogens is 1. The van der Waals surface area contributed by atoms with Gasteiger partial charge < -0.3 is 10.6 Å². The van der Waals surface area contributed by atoms with E-state index in [0.29, 0.717) is 6.04 Å². The molecule has 0 aliphatic carbocycles. The van der Waals surface area contributed by atoms with Crippen LogP contribution in [0.5, 0.6) is 0 Å². The van der Waals surface area contributed by atoms with Crippen molar-refractivity contribution in [2.75, 3.05) is 19.6 Å². The summed E-state index contributed by atoms with van der Waals surface area (Å²) in [7, 11) is 0. The minimum atomic E-state index is -0.144. The molecule has 16 heavy (non-hydrogen) atoms. The maximum atomic E-state index is 12.9. The van der Waals surface area contributed by atoms with Gasteiger partial charge in [-0.05, 0) is 50.0 Å². The van der Waals surface area contributed by atoms with E-state index in [1.807, 2.05) is 6.07 Å². The average Bonchev–Trinajstić information content (AvgIpc) is 2.77. The molecule has 0 aromatic heterocycles. The van der Waals surface area contributed by atoms with E-state index in [1.165, 1.54) is 18.9 Å². The quantitative estimate of drug-likeness (QED) is 0.741. The van der Waals surface area contributed by atoms with Gasteiger partial charge in [0, 0.05) is 12.6 Å². The highest BCUT2D eigenvalue weighted by molar-refractivity contribution is 5.16. The Labute approximate surface area is 96.2 Å². The molecule has 0 radical (unpaired) electrons. The van der Waals surface area contributed by atoms with Crippen LogP contribution in [0.4, 0.5) is 4.39 Å². The molecule has 0 bridgehead atoms. The van der Waals surface area contributed by atoms with Crippen molar-refractivity contribution in [3.63, 3.8) is 0 Å². The smallest absolute Gasteiger partial charge is 0.123 e. The molecule has 2 N–H and O–H groups in total. The fourth-order valence-corrected chi connectivity index (χ4v) is 2.13. The maximum absolute atomic E-state index is 12.9. The third kappa shape index (κ3) is 3.58. The van der Waals surface area contributed by atoms with Gasteiger partial charge in [0.1, 0.15) is 5.82 Å². The Bertz CT molecular complexity index is 321. The zero-order chi connectivity index (χ0) is 11.2. The van der Waals surface area contributed by atoms with Crippen molar-refractivity contribution in [2.24, 2.45) is 0 Å². The van der Waals surface area contributed by atoms with E-state index in [1.54, 1.807) is 12.1 Å². The van der Waals surface area contributed by atoms with E-state index >= 15 is 0 Å². The van der Waals surface area contributed by atoms with Crippen molar-refractivity contribution < 1.29 is 4.39 Å². The molecule has 0 amide bonds. The van der Waals surface area contributed by atoms with Crippen LogP contribution in [0.25, 0.3) is 0 Å². The van der Waals surface area contributed by atoms with E-state index in [2.05, 4.69) is 10.6 Å². The van der Waals surface area contributed by atoms with Gasteiger partial charge in [0.2, 0.25) is 0 Å². The van der Waals surface area contributed by atoms with Crippen LogP contribution in [0.15, 0.2) is 24.3 Å². The van der Waals surface area contributed by atoms with Gasteiger partial charge in [0.05, 0.1) is 0 Å². The average molecular weight is 222 g/mol. The molecule has 1 aromatic carbocycles. The Kier molecular flexibility index (Phi) is 4.31. The molecule has 1 fully saturated rings. The Balaban J connectivity index is 1.64. The van der Waals surface area contributed by atoms with E-state index in [4.69, 9.17) is 0 Å². The van der Waals surface area contributed by atoms with E-state index in [-0.39, 0.29) is 5.82 Å². The van der Waals surface area contributed by atoms with Crippen LogP contribution in [0, 0.1) is 5.82 Å². The first-order chi connectivity index (χ1) is 7.84. The van der Waals surface area contributed by atoms with Crippen LogP contribution in [0.3, 0.4) is 0 Å². The van der Waals surface area contributed by atoms with E-state index in [9.17, 15) is 4.39 Å². The number of hydrogen-bond acceptors (Lipinski definition) is 2. The van der Waals surface area contributed by atoms with Gasteiger partial charge in [-0.15, -0.1) is 0 Å². The summed E-state index contributed by atoms with van der Waals surface area (Å²) in [6, 6.07) is 7.46. The lowest BCUT2D eigenvalue weighted by Gasteiger charge is -2.11. The Morgan fingerprint density at radius 2 is 2.38 bits per heavy atom. The molecular formula is C13H19FN2. The Morgan fingerprint density at radius 1 is 1.44 bits per heavy atom. The molecule has 0 spiro atoms. The lowest BCUT2D eigenvalue weighted by Crippen LogP contribution is -2.34. The van der Waals surface area contributed by atoms with E-state index in [0.717, 1.165) is 31.6 Å². The summed E-state index contributed by atoms with van der Waals surface area (Å²) in [5, 5.41) is 6.85. The first-order valence-electron chi connectivity index (χ1n) is 6.03. The Morgan fingerprint density at radius 3 is 3.12 bits per heavy atom. The molecule has 1 unspecified atom stereocenters. The highest BCUT2D eigenvalue weighted by Gasteiger charge is 2.12. The van der Waals surface area contributed by atoms with Crippen molar-refractivity contribution >= 4 is 0 Å². The molecule has 1 aliphatic rings. The summed E-state index contributed by atoms with van der Waals surface area (Å²) in [6.07, 6.45) is 3.45. The lowest BCUT2D eigenvalue weighted by molar-refractivity contribution is 0.537. The fourth-order valence-electron chi connectivity index (χ4n) is 2.13. The summed E-state index contributed by atoms with van der Waals surface area (Å²) < 4.78 is 12.9. The zero-order valence-corrected chi connectivity index (χ0v) is 9.51. The second-order valence-corrected chi connectivity index (χ2v) is 4.38. The van der Waals surface area contributed by atoms with E-state index < -0.39 is 0 Å². The Hall–Kier alpha value is -0.930. The molecule has 1 atom stereocenters. The molecule has 1 heterocycles. The van der Waals surface area contributed by atoms with Gasteiger partial charge >= 0.3 is 0 Å². The van der Waals surface area contributed by atoms with Gasteiger partial charge in [-0.25, -0.2) is 4.39 Å². The molecule has 2 nitrogen and oxygen atoms in total.